The van der Waals surface area contributed by atoms with E-state index in [1.807, 2.05) is 36.5 Å². The molecule has 0 radical (unpaired) electrons. The Kier molecular flexibility index (Phi) is 2.99. The van der Waals surface area contributed by atoms with E-state index in [2.05, 4.69) is 22.6 Å². The standard InChI is InChI=1S/C13H9ClN.ClH/c14-11-6-4-10-5-7-12-3-1-2-8-15(12)13(10)9-11;/h1-9H;1H/q+1;/p-1. The lowest BCUT2D eigenvalue weighted by Crippen LogP contribution is -3.00. The van der Waals surface area contributed by atoms with Gasteiger partial charge in [0.05, 0.1) is 0 Å². The van der Waals surface area contributed by atoms with E-state index in [4.69, 9.17) is 11.6 Å². The predicted octanol–water partition coefficient (Wildman–Crippen LogP) is 0.236. The summed E-state index contributed by atoms with van der Waals surface area (Å²) in [7, 11) is 0. The van der Waals surface area contributed by atoms with E-state index < -0.39 is 0 Å². The first-order valence-corrected chi connectivity index (χ1v) is 5.21. The molecular formula is C13H9Cl2N. The minimum absolute atomic E-state index is 0. The Morgan fingerprint density at radius 1 is 0.938 bits per heavy atom. The molecule has 3 heteroatoms. The maximum Gasteiger partial charge on any atom is 0.219 e. The van der Waals surface area contributed by atoms with Crippen molar-refractivity contribution in [2.75, 3.05) is 0 Å². The largest absolute Gasteiger partial charge is 1.00 e. The van der Waals surface area contributed by atoms with Gasteiger partial charge in [-0.15, -0.1) is 0 Å². The monoisotopic (exact) mass is 249 g/mol. The Morgan fingerprint density at radius 3 is 2.62 bits per heavy atom. The number of nitrogens with zero attached hydrogens (tertiary/aromatic N) is 1. The zero-order valence-electron chi connectivity index (χ0n) is 8.40. The number of rotatable bonds is 0. The Hall–Kier alpha value is -1.31. The summed E-state index contributed by atoms with van der Waals surface area (Å²) in [5.41, 5.74) is 2.31. The van der Waals surface area contributed by atoms with Crippen molar-refractivity contribution in [2.45, 2.75) is 0 Å². The fraction of sp³-hybridized carbons (Fsp3) is 0. The van der Waals surface area contributed by atoms with Crippen molar-refractivity contribution >= 4 is 28.0 Å². The third kappa shape index (κ3) is 1.73. The number of halogens is 2. The summed E-state index contributed by atoms with van der Waals surface area (Å²) in [6, 6.07) is 16.3. The van der Waals surface area contributed by atoms with Crippen LogP contribution in [0, 0.1) is 0 Å². The molecule has 1 nitrogen and oxygen atoms in total. The van der Waals surface area contributed by atoms with E-state index in [-0.39, 0.29) is 12.4 Å². The summed E-state index contributed by atoms with van der Waals surface area (Å²) in [4.78, 5) is 0. The molecule has 0 unspecified atom stereocenters. The number of hydrogen-bond donors (Lipinski definition) is 0. The molecule has 0 spiro atoms. The fourth-order valence-electron chi connectivity index (χ4n) is 1.85. The van der Waals surface area contributed by atoms with Crippen LogP contribution in [0.25, 0.3) is 16.4 Å². The molecule has 0 saturated heterocycles. The predicted molar refractivity (Wildman–Crippen MR) is 62.1 cm³/mol. The third-order valence-corrected chi connectivity index (χ3v) is 2.81. The molecule has 0 N–H and O–H groups in total. The molecule has 0 amide bonds. The highest BCUT2D eigenvalue weighted by Gasteiger charge is 2.07. The smallest absolute Gasteiger partial charge is 0.219 e. The van der Waals surface area contributed by atoms with E-state index >= 15 is 0 Å². The topological polar surface area (TPSA) is 4.10 Å². The minimum atomic E-state index is 0. The Balaban J connectivity index is 0.000000963. The van der Waals surface area contributed by atoms with Crippen LogP contribution in [0.3, 0.4) is 0 Å². The average Bonchev–Trinajstić information content (AvgIpc) is 2.29. The van der Waals surface area contributed by atoms with Gasteiger partial charge in [0, 0.05) is 34.7 Å². The second-order valence-corrected chi connectivity index (χ2v) is 3.97. The van der Waals surface area contributed by atoms with Crippen LogP contribution >= 0.6 is 11.6 Å². The van der Waals surface area contributed by atoms with Crippen LogP contribution in [0.4, 0.5) is 0 Å². The summed E-state index contributed by atoms with van der Waals surface area (Å²) in [6.07, 6.45) is 2.05. The Labute approximate surface area is 105 Å². The zero-order valence-corrected chi connectivity index (χ0v) is 9.91. The molecule has 0 bridgehead atoms. The van der Waals surface area contributed by atoms with Crippen LogP contribution in [-0.2, 0) is 0 Å². The number of fused-ring (bicyclic) bond motifs is 3. The van der Waals surface area contributed by atoms with Gasteiger partial charge in [-0.3, -0.25) is 0 Å². The van der Waals surface area contributed by atoms with Crippen LogP contribution in [0.15, 0.2) is 54.7 Å². The summed E-state index contributed by atoms with van der Waals surface area (Å²) < 4.78 is 2.14. The second kappa shape index (κ2) is 4.28. The van der Waals surface area contributed by atoms with Gasteiger partial charge < -0.3 is 12.4 Å². The number of hydrogen-bond acceptors (Lipinski definition) is 0. The molecule has 2 aromatic heterocycles. The minimum Gasteiger partial charge on any atom is -1.00 e. The highest BCUT2D eigenvalue weighted by molar-refractivity contribution is 6.31. The lowest BCUT2D eigenvalue weighted by atomic mass is 10.2. The molecule has 80 valence electrons. The van der Waals surface area contributed by atoms with Crippen molar-refractivity contribution < 1.29 is 16.8 Å². The highest BCUT2D eigenvalue weighted by Crippen LogP contribution is 2.16. The highest BCUT2D eigenvalue weighted by atomic mass is 35.5. The quantitative estimate of drug-likeness (QED) is 0.397. The molecular weight excluding hydrogens is 241 g/mol. The van der Waals surface area contributed by atoms with Crippen molar-refractivity contribution in [1.82, 2.24) is 0 Å². The lowest BCUT2D eigenvalue weighted by Gasteiger charge is -1.97. The molecule has 3 aromatic rings. The summed E-state index contributed by atoms with van der Waals surface area (Å²) in [6.45, 7) is 0. The van der Waals surface area contributed by atoms with Crippen molar-refractivity contribution in [1.29, 1.82) is 0 Å². The molecule has 0 aliphatic rings. The van der Waals surface area contributed by atoms with Gasteiger partial charge in [-0.2, -0.15) is 4.40 Å². The van der Waals surface area contributed by atoms with Crippen LogP contribution in [0.5, 0.6) is 0 Å². The van der Waals surface area contributed by atoms with Gasteiger partial charge in [0.15, 0.2) is 6.20 Å². The maximum absolute atomic E-state index is 6.01. The van der Waals surface area contributed by atoms with Gasteiger partial charge in [-0.25, -0.2) is 0 Å². The van der Waals surface area contributed by atoms with Gasteiger partial charge in [-0.1, -0.05) is 11.6 Å². The summed E-state index contributed by atoms with van der Waals surface area (Å²) >= 11 is 6.01. The van der Waals surface area contributed by atoms with E-state index in [0.29, 0.717) is 0 Å². The third-order valence-electron chi connectivity index (χ3n) is 2.58. The van der Waals surface area contributed by atoms with Gasteiger partial charge in [0.1, 0.15) is 0 Å². The van der Waals surface area contributed by atoms with E-state index in [9.17, 15) is 0 Å². The summed E-state index contributed by atoms with van der Waals surface area (Å²) in [5.74, 6) is 0. The van der Waals surface area contributed by atoms with E-state index in [0.717, 1.165) is 10.5 Å². The van der Waals surface area contributed by atoms with Crippen LogP contribution in [-0.4, -0.2) is 0 Å². The molecule has 0 aliphatic carbocycles. The summed E-state index contributed by atoms with van der Waals surface area (Å²) in [5, 5.41) is 1.97. The zero-order chi connectivity index (χ0) is 10.3. The van der Waals surface area contributed by atoms with Gasteiger partial charge >= 0.3 is 0 Å². The second-order valence-electron chi connectivity index (χ2n) is 3.53. The normalized spacial score (nSPS) is 10.3. The lowest BCUT2D eigenvalue weighted by molar-refractivity contribution is -0.481. The van der Waals surface area contributed by atoms with Crippen molar-refractivity contribution in [3.63, 3.8) is 0 Å². The van der Waals surface area contributed by atoms with Crippen molar-refractivity contribution in [3.8, 4) is 0 Å². The molecule has 0 saturated carbocycles. The first kappa shape index (κ1) is 11.2. The Morgan fingerprint density at radius 2 is 1.75 bits per heavy atom. The maximum atomic E-state index is 6.01. The average molecular weight is 250 g/mol. The molecule has 3 rings (SSSR count). The van der Waals surface area contributed by atoms with Gasteiger partial charge in [-0.05, 0) is 24.3 Å². The molecule has 0 atom stereocenters. The molecule has 1 aromatic carbocycles. The Bertz CT molecular complexity index is 650. The van der Waals surface area contributed by atoms with E-state index in [1.54, 1.807) is 0 Å². The van der Waals surface area contributed by atoms with E-state index in [1.165, 1.54) is 10.9 Å². The van der Waals surface area contributed by atoms with Crippen LogP contribution < -0.4 is 16.8 Å². The first-order chi connectivity index (χ1) is 7.34. The van der Waals surface area contributed by atoms with Gasteiger partial charge in [0.2, 0.25) is 11.0 Å². The molecule has 2 heterocycles. The van der Waals surface area contributed by atoms with Crippen LogP contribution in [0.1, 0.15) is 0 Å². The fourth-order valence-corrected chi connectivity index (χ4v) is 2.02. The van der Waals surface area contributed by atoms with Crippen molar-refractivity contribution in [2.24, 2.45) is 0 Å². The molecule has 16 heavy (non-hydrogen) atoms. The van der Waals surface area contributed by atoms with Crippen molar-refractivity contribution in [3.05, 3.63) is 59.8 Å². The van der Waals surface area contributed by atoms with Gasteiger partial charge in [0.25, 0.3) is 0 Å². The number of aromatic nitrogens is 1. The number of benzene rings is 1. The molecule has 0 fully saturated rings. The number of pyridine rings is 2. The first-order valence-electron chi connectivity index (χ1n) is 4.83. The molecule has 0 aliphatic heterocycles. The SMILES string of the molecule is Clc1ccc2ccc3cccc[n+]3c2c1.[Cl-]. The van der Waals surface area contributed by atoms with Crippen LogP contribution in [0.2, 0.25) is 5.02 Å².